The van der Waals surface area contributed by atoms with Gasteiger partial charge in [-0.15, -0.1) is 0 Å². The molecule has 218 valence electrons. The first kappa shape index (κ1) is 30.5. The molecule has 1 saturated heterocycles. The van der Waals surface area contributed by atoms with Crippen LogP contribution in [-0.4, -0.2) is 58.0 Å². The van der Waals surface area contributed by atoms with Gasteiger partial charge in [-0.05, 0) is 86.9 Å². The van der Waals surface area contributed by atoms with Crippen molar-refractivity contribution in [2.24, 2.45) is 5.73 Å². The van der Waals surface area contributed by atoms with Crippen molar-refractivity contribution in [3.05, 3.63) is 23.8 Å². The van der Waals surface area contributed by atoms with Crippen LogP contribution in [0.5, 0.6) is 0 Å². The van der Waals surface area contributed by atoms with E-state index in [1.807, 2.05) is 0 Å². The van der Waals surface area contributed by atoms with Gasteiger partial charge in [0, 0.05) is 24.0 Å². The highest BCUT2D eigenvalue weighted by molar-refractivity contribution is 6.21. The number of carbonyl (C=O) groups excluding carboxylic acids is 5. The van der Waals surface area contributed by atoms with Gasteiger partial charge in [0.05, 0.1) is 11.1 Å². The van der Waals surface area contributed by atoms with E-state index in [0.29, 0.717) is 30.0 Å². The number of rotatable bonds is 3. The van der Waals surface area contributed by atoms with Crippen molar-refractivity contribution in [1.82, 2.24) is 4.57 Å². The topological polar surface area (TPSA) is 150 Å². The Kier molecular flexibility index (Phi) is 7.97. The predicted molar refractivity (Wildman–Crippen MR) is 149 cm³/mol. The average molecular weight is 559 g/mol. The highest BCUT2D eigenvalue weighted by atomic mass is 16.6. The normalized spacial score (nSPS) is 14.3. The van der Waals surface area contributed by atoms with Crippen LogP contribution in [0, 0.1) is 0 Å². The molecule has 0 spiro atoms. The monoisotopic (exact) mass is 558 g/mol. The maximum Gasteiger partial charge on any atom is 0.425 e. The van der Waals surface area contributed by atoms with Crippen LogP contribution in [0.25, 0.3) is 10.9 Å². The molecule has 1 aliphatic rings. The van der Waals surface area contributed by atoms with Crippen LogP contribution in [0.4, 0.5) is 25.9 Å². The largest absolute Gasteiger partial charge is 0.443 e. The third-order valence-electron chi connectivity index (χ3n) is 5.50. The number of carbonyl (C=O) groups is 5. The number of nitrogens with two attached hydrogens (primary N) is 1. The molecule has 1 aromatic carbocycles. The number of primary amides is 1. The van der Waals surface area contributed by atoms with Crippen molar-refractivity contribution in [2.75, 3.05) is 16.3 Å². The molecule has 2 heterocycles. The van der Waals surface area contributed by atoms with E-state index < -0.39 is 46.8 Å². The van der Waals surface area contributed by atoms with E-state index in [2.05, 4.69) is 0 Å². The van der Waals surface area contributed by atoms with Crippen LogP contribution in [0.1, 0.15) is 85.5 Å². The predicted octanol–water partition coefficient (Wildman–Crippen LogP) is 5.33. The lowest BCUT2D eigenvalue weighted by Gasteiger charge is -2.29. The van der Waals surface area contributed by atoms with Crippen molar-refractivity contribution < 1.29 is 38.2 Å². The van der Waals surface area contributed by atoms with Gasteiger partial charge in [0.2, 0.25) is 5.91 Å². The van der Waals surface area contributed by atoms with Gasteiger partial charge in [-0.25, -0.2) is 19.0 Å². The Morgan fingerprint density at radius 2 is 1.38 bits per heavy atom. The summed E-state index contributed by atoms with van der Waals surface area (Å²) in [5, 5.41) is 0.154. The third-order valence-corrected chi connectivity index (χ3v) is 5.50. The number of aromatic nitrogens is 1. The minimum atomic E-state index is -1.20. The lowest BCUT2D eigenvalue weighted by molar-refractivity contribution is -0.117. The molecule has 1 aromatic heterocycles. The zero-order valence-corrected chi connectivity index (χ0v) is 24.5. The maximum atomic E-state index is 13.7. The molecule has 1 aliphatic heterocycles. The smallest absolute Gasteiger partial charge is 0.425 e. The zero-order chi connectivity index (χ0) is 30.4. The van der Waals surface area contributed by atoms with Crippen LogP contribution in [0.3, 0.4) is 0 Å². The number of ether oxygens (including phenoxy) is 3. The van der Waals surface area contributed by atoms with Gasteiger partial charge in [0.15, 0.2) is 5.82 Å². The summed E-state index contributed by atoms with van der Waals surface area (Å²) in [6.45, 7) is 14.9. The number of imide groups is 1. The Balaban J connectivity index is 2.43. The van der Waals surface area contributed by atoms with Gasteiger partial charge in [-0.1, -0.05) is 0 Å². The van der Waals surface area contributed by atoms with Gasteiger partial charge in [-0.2, -0.15) is 4.90 Å². The lowest BCUT2D eigenvalue weighted by atomic mass is 10.1. The van der Waals surface area contributed by atoms with Crippen molar-refractivity contribution in [2.45, 2.75) is 92.0 Å². The van der Waals surface area contributed by atoms with Gasteiger partial charge in [0.25, 0.3) is 5.91 Å². The fourth-order valence-corrected chi connectivity index (χ4v) is 4.16. The van der Waals surface area contributed by atoms with E-state index in [1.165, 1.54) is 12.1 Å². The van der Waals surface area contributed by atoms with Crippen LogP contribution in [0.2, 0.25) is 0 Å². The summed E-state index contributed by atoms with van der Waals surface area (Å²) in [4.78, 5) is 68.3. The van der Waals surface area contributed by atoms with E-state index in [4.69, 9.17) is 19.9 Å². The Bertz CT molecular complexity index is 1340. The highest BCUT2D eigenvalue weighted by Gasteiger charge is 2.41. The Morgan fingerprint density at radius 3 is 1.80 bits per heavy atom. The van der Waals surface area contributed by atoms with Gasteiger partial charge >= 0.3 is 18.3 Å². The molecule has 0 unspecified atom stereocenters. The fraction of sp³-hybridized carbons (Fsp3) is 0.536. The molecular formula is C28H38N4O8. The molecule has 0 bridgehead atoms. The van der Waals surface area contributed by atoms with Gasteiger partial charge in [-0.3, -0.25) is 9.59 Å². The molecule has 0 aliphatic carbocycles. The Labute approximate surface area is 233 Å². The number of anilines is 2. The van der Waals surface area contributed by atoms with E-state index >= 15 is 0 Å². The minimum absolute atomic E-state index is 0.0902. The standard InChI is InChI=1S/C28H38N4O8/c1-26(2,3)38-23(35)31-18-15-16(30-14-10-11-19(30)33)12-13-17(18)20(21(29)34)22(31)32(24(36)39-27(4,5)6)25(37)40-28(7,8)9/h12-13,15H,10-11,14H2,1-9H3,(H2,29,34). The molecule has 12 nitrogen and oxygen atoms in total. The van der Waals surface area contributed by atoms with Crippen LogP contribution in [-0.2, 0) is 19.0 Å². The average Bonchev–Trinajstić information content (AvgIpc) is 3.30. The number of hydrogen-bond donors (Lipinski definition) is 1. The number of amides is 4. The summed E-state index contributed by atoms with van der Waals surface area (Å²) in [5.41, 5.74) is 2.92. The molecular weight excluding hydrogens is 520 g/mol. The molecule has 0 radical (unpaired) electrons. The van der Waals surface area contributed by atoms with Crippen molar-refractivity contribution in [1.29, 1.82) is 0 Å². The van der Waals surface area contributed by atoms with E-state index in [-0.39, 0.29) is 22.4 Å². The molecule has 4 amide bonds. The summed E-state index contributed by atoms with van der Waals surface area (Å²) in [6, 6.07) is 4.62. The maximum absolute atomic E-state index is 13.7. The molecule has 3 rings (SSSR count). The molecule has 2 N–H and O–H groups in total. The molecule has 12 heteroatoms. The van der Waals surface area contributed by atoms with Crippen LogP contribution < -0.4 is 15.5 Å². The molecule has 0 atom stereocenters. The summed E-state index contributed by atoms with van der Waals surface area (Å²) in [6.07, 6.45) is -2.37. The first-order valence-corrected chi connectivity index (χ1v) is 13.0. The number of fused-ring (bicyclic) bond motifs is 1. The van der Waals surface area contributed by atoms with Gasteiger partial charge in [0.1, 0.15) is 16.8 Å². The number of hydrogen-bond acceptors (Lipinski definition) is 8. The summed E-state index contributed by atoms with van der Waals surface area (Å²) in [7, 11) is 0. The minimum Gasteiger partial charge on any atom is -0.443 e. The van der Waals surface area contributed by atoms with Gasteiger partial charge < -0.3 is 24.8 Å². The second-order valence-electron chi connectivity index (χ2n) is 12.5. The summed E-state index contributed by atoms with van der Waals surface area (Å²) in [5.74, 6) is -1.62. The Hall–Kier alpha value is -4.09. The molecule has 40 heavy (non-hydrogen) atoms. The molecule has 0 saturated carbocycles. The number of benzene rings is 1. The highest BCUT2D eigenvalue weighted by Crippen LogP contribution is 2.38. The van der Waals surface area contributed by atoms with Crippen molar-refractivity contribution >= 4 is 52.5 Å². The number of nitrogens with zero attached hydrogens (tertiary/aromatic N) is 3. The zero-order valence-electron chi connectivity index (χ0n) is 24.5. The van der Waals surface area contributed by atoms with Crippen LogP contribution >= 0.6 is 0 Å². The Morgan fingerprint density at radius 1 is 0.850 bits per heavy atom. The quantitative estimate of drug-likeness (QED) is 0.497. The summed E-state index contributed by atoms with van der Waals surface area (Å²) >= 11 is 0. The van der Waals surface area contributed by atoms with E-state index in [9.17, 15) is 24.0 Å². The lowest BCUT2D eigenvalue weighted by Crippen LogP contribution is -2.46. The van der Waals surface area contributed by atoms with E-state index in [1.54, 1.807) is 73.3 Å². The van der Waals surface area contributed by atoms with Crippen molar-refractivity contribution in [3.63, 3.8) is 0 Å². The first-order valence-electron chi connectivity index (χ1n) is 13.0. The fourth-order valence-electron chi connectivity index (χ4n) is 4.16. The van der Waals surface area contributed by atoms with E-state index in [0.717, 1.165) is 4.57 Å². The van der Waals surface area contributed by atoms with Crippen molar-refractivity contribution in [3.8, 4) is 0 Å². The SMILES string of the molecule is CC(C)(C)OC(=O)N(C(=O)OC(C)(C)C)c1c(C(N)=O)c2ccc(N3CCCC3=O)cc2n1C(=O)OC(C)(C)C. The molecule has 1 fully saturated rings. The summed E-state index contributed by atoms with van der Waals surface area (Å²) < 4.78 is 17.5. The van der Waals surface area contributed by atoms with Crippen LogP contribution in [0.15, 0.2) is 18.2 Å². The second-order valence-corrected chi connectivity index (χ2v) is 12.5. The second kappa shape index (κ2) is 10.5. The first-order chi connectivity index (χ1) is 18.2. The molecule has 2 aromatic rings. The third kappa shape index (κ3) is 6.72.